The van der Waals surface area contributed by atoms with E-state index in [0.29, 0.717) is 55.0 Å². The Balaban J connectivity index is 1.48. The number of benzene rings is 1. The quantitative estimate of drug-likeness (QED) is 0.288. The van der Waals surface area contributed by atoms with Crippen molar-refractivity contribution >= 4 is 34.6 Å². The van der Waals surface area contributed by atoms with E-state index in [9.17, 15) is 9.59 Å². The van der Waals surface area contributed by atoms with Gasteiger partial charge < -0.3 is 28.7 Å². The van der Waals surface area contributed by atoms with Gasteiger partial charge in [-0.1, -0.05) is 37.4 Å². The van der Waals surface area contributed by atoms with Crippen LogP contribution in [0.4, 0.5) is 4.79 Å². The SMILES string of the molecule is CCCCCOc1cc(CN2CCCN(Cc3ccnc4c3c(Cl)cn4CC(=O)N(C)C)C2=O)ccc1OC. The van der Waals surface area contributed by atoms with Crippen molar-refractivity contribution in [2.75, 3.05) is 40.9 Å². The molecule has 1 aliphatic rings. The summed E-state index contributed by atoms with van der Waals surface area (Å²) in [6.45, 7) is 5.19. The Kier molecular flexibility index (Phi) is 9.56. The molecule has 4 rings (SSSR count). The van der Waals surface area contributed by atoms with Gasteiger partial charge in [0.15, 0.2) is 11.5 Å². The standard InChI is InChI=1S/C29H38ClN5O4/c1-5-6-7-15-39-25-16-21(9-10-24(25)38-4)17-33-13-8-14-34(29(33)37)18-22-11-12-31-28-27(22)23(30)19-35(28)20-26(36)32(2)3/h9-12,16,19H,5-8,13-15,17-18,20H2,1-4H3. The van der Waals surface area contributed by atoms with Gasteiger partial charge in [0.25, 0.3) is 0 Å². The minimum Gasteiger partial charge on any atom is -0.493 e. The number of likely N-dealkylation sites (N-methyl/N-ethyl adjacent to an activating group) is 1. The monoisotopic (exact) mass is 555 g/mol. The molecule has 0 saturated carbocycles. The first kappa shape index (κ1) is 28.5. The molecule has 39 heavy (non-hydrogen) atoms. The van der Waals surface area contributed by atoms with Gasteiger partial charge in [0.05, 0.1) is 18.7 Å². The maximum absolute atomic E-state index is 13.5. The van der Waals surface area contributed by atoms with Gasteiger partial charge in [-0.2, -0.15) is 0 Å². The van der Waals surface area contributed by atoms with Crippen LogP contribution < -0.4 is 9.47 Å². The highest BCUT2D eigenvalue weighted by atomic mass is 35.5. The molecule has 0 atom stereocenters. The van der Waals surface area contributed by atoms with Crippen LogP contribution in [0.2, 0.25) is 5.02 Å². The zero-order valence-electron chi connectivity index (χ0n) is 23.3. The Hall–Kier alpha value is -3.46. The average molecular weight is 556 g/mol. The molecule has 0 spiro atoms. The maximum atomic E-state index is 13.5. The number of methoxy groups -OCH3 is 1. The third-order valence-electron chi connectivity index (χ3n) is 6.97. The van der Waals surface area contributed by atoms with Crippen molar-refractivity contribution in [2.24, 2.45) is 0 Å². The molecule has 0 N–H and O–H groups in total. The third-order valence-corrected chi connectivity index (χ3v) is 7.25. The third kappa shape index (κ3) is 6.76. The van der Waals surface area contributed by atoms with Gasteiger partial charge in [-0.25, -0.2) is 9.78 Å². The predicted molar refractivity (Wildman–Crippen MR) is 152 cm³/mol. The van der Waals surface area contributed by atoms with Crippen LogP contribution in [0.15, 0.2) is 36.7 Å². The zero-order chi connectivity index (χ0) is 27.9. The van der Waals surface area contributed by atoms with E-state index in [2.05, 4.69) is 11.9 Å². The zero-order valence-corrected chi connectivity index (χ0v) is 24.0. The van der Waals surface area contributed by atoms with Crippen LogP contribution in [-0.2, 0) is 24.4 Å². The number of hydrogen-bond acceptors (Lipinski definition) is 5. The van der Waals surface area contributed by atoms with E-state index in [0.717, 1.165) is 42.2 Å². The normalized spacial score (nSPS) is 13.7. The van der Waals surface area contributed by atoms with Gasteiger partial charge in [-0.3, -0.25) is 4.79 Å². The summed E-state index contributed by atoms with van der Waals surface area (Å²) in [5.41, 5.74) is 2.54. The Morgan fingerprint density at radius 2 is 1.87 bits per heavy atom. The summed E-state index contributed by atoms with van der Waals surface area (Å²) in [5.74, 6) is 1.35. The lowest BCUT2D eigenvalue weighted by molar-refractivity contribution is -0.129. The number of aromatic nitrogens is 2. The average Bonchev–Trinajstić information content (AvgIpc) is 3.24. The van der Waals surface area contributed by atoms with Crippen molar-refractivity contribution < 1.29 is 19.1 Å². The van der Waals surface area contributed by atoms with Gasteiger partial charge in [0.2, 0.25) is 5.91 Å². The van der Waals surface area contributed by atoms with Gasteiger partial charge in [0.1, 0.15) is 12.2 Å². The van der Waals surface area contributed by atoms with Gasteiger partial charge in [-0.15, -0.1) is 0 Å². The van der Waals surface area contributed by atoms with Crippen LogP contribution in [0.1, 0.15) is 43.7 Å². The summed E-state index contributed by atoms with van der Waals surface area (Å²) in [6, 6.07) is 7.72. The minimum atomic E-state index is -0.0503. The fourth-order valence-corrected chi connectivity index (χ4v) is 5.12. The number of carbonyl (C=O) groups is 2. The molecule has 0 radical (unpaired) electrons. The number of fused-ring (bicyclic) bond motifs is 1. The molecule has 210 valence electrons. The van der Waals surface area contributed by atoms with E-state index >= 15 is 0 Å². The summed E-state index contributed by atoms with van der Waals surface area (Å²) in [6.07, 6.45) is 7.55. The molecular weight excluding hydrogens is 518 g/mol. The molecule has 1 aromatic carbocycles. The van der Waals surface area contributed by atoms with Crippen molar-refractivity contribution in [1.29, 1.82) is 0 Å². The molecule has 10 heteroatoms. The fourth-order valence-electron chi connectivity index (χ4n) is 4.80. The molecule has 0 unspecified atom stereocenters. The molecule has 3 amide bonds. The van der Waals surface area contributed by atoms with Crippen molar-refractivity contribution in [2.45, 2.75) is 52.2 Å². The highest BCUT2D eigenvalue weighted by molar-refractivity contribution is 6.35. The topological polar surface area (TPSA) is 80.1 Å². The Morgan fingerprint density at radius 1 is 1.10 bits per heavy atom. The molecule has 1 aliphatic heterocycles. The lowest BCUT2D eigenvalue weighted by Crippen LogP contribution is -2.48. The van der Waals surface area contributed by atoms with Crippen LogP contribution in [0.5, 0.6) is 11.5 Å². The second-order valence-electron chi connectivity index (χ2n) is 10.1. The van der Waals surface area contributed by atoms with Crippen molar-refractivity contribution in [3.05, 3.63) is 52.8 Å². The van der Waals surface area contributed by atoms with E-state index in [1.807, 2.05) is 34.1 Å². The van der Waals surface area contributed by atoms with Gasteiger partial charge >= 0.3 is 6.03 Å². The van der Waals surface area contributed by atoms with Crippen molar-refractivity contribution in [3.63, 3.8) is 0 Å². The highest BCUT2D eigenvalue weighted by Gasteiger charge is 2.27. The number of unbranched alkanes of at least 4 members (excludes halogenated alkanes) is 2. The molecule has 1 saturated heterocycles. The number of amides is 3. The maximum Gasteiger partial charge on any atom is 0.320 e. The first-order chi connectivity index (χ1) is 18.8. The summed E-state index contributed by atoms with van der Waals surface area (Å²) in [5, 5.41) is 1.29. The number of ether oxygens (including phenoxy) is 2. The fraction of sp³-hybridized carbons (Fsp3) is 0.483. The van der Waals surface area contributed by atoms with Crippen LogP contribution >= 0.6 is 11.6 Å². The predicted octanol–water partition coefficient (Wildman–Crippen LogP) is 5.18. The molecule has 0 aliphatic carbocycles. The van der Waals surface area contributed by atoms with Crippen LogP contribution in [0, 0.1) is 0 Å². The van der Waals surface area contributed by atoms with Crippen LogP contribution in [-0.4, -0.2) is 77.1 Å². The van der Waals surface area contributed by atoms with Crippen LogP contribution in [0.3, 0.4) is 0 Å². The minimum absolute atomic E-state index is 0.0224. The molecule has 1 fully saturated rings. The highest BCUT2D eigenvalue weighted by Crippen LogP contribution is 2.31. The first-order valence-corrected chi connectivity index (χ1v) is 13.9. The summed E-state index contributed by atoms with van der Waals surface area (Å²) >= 11 is 6.61. The number of pyridine rings is 1. The lowest BCUT2D eigenvalue weighted by Gasteiger charge is -2.36. The lowest BCUT2D eigenvalue weighted by atomic mass is 10.1. The molecule has 3 heterocycles. The van der Waals surface area contributed by atoms with E-state index in [1.54, 1.807) is 38.2 Å². The van der Waals surface area contributed by atoms with Gasteiger partial charge in [0, 0.05) is 58.1 Å². The summed E-state index contributed by atoms with van der Waals surface area (Å²) in [4.78, 5) is 35.6. The summed E-state index contributed by atoms with van der Waals surface area (Å²) < 4.78 is 13.2. The number of carbonyl (C=O) groups excluding carboxylic acids is 2. The second-order valence-corrected chi connectivity index (χ2v) is 10.5. The van der Waals surface area contributed by atoms with E-state index < -0.39 is 0 Å². The summed E-state index contributed by atoms with van der Waals surface area (Å²) in [7, 11) is 5.07. The Bertz CT molecular complexity index is 1310. The van der Waals surface area contributed by atoms with Crippen molar-refractivity contribution in [1.82, 2.24) is 24.3 Å². The number of nitrogens with zero attached hydrogens (tertiary/aromatic N) is 5. The first-order valence-electron chi connectivity index (χ1n) is 13.5. The molecular formula is C29H38ClN5O4. The molecule has 9 nitrogen and oxygen atoms in total. The largest absolute Gasteiger partial charge is 0.493 e. The second kappa shape index (κ2) is 13.1. The van der Waals surface area contributed by atoms with E-state index in [-0.39, 0.29) is 18.5 Å². The Labute approximate surface area is 235 Å². The van der Waals surface area contributed by atoms with Crippen LogP contribution in [0.25, 0.3) is 11.0 Å². The number of urea groups is 1. The van der Waals surface area contributed by atoms with E-state index in [4.69, 9.17) is 21.1 Å². The molecule has 2 aromatic heterocycles. The van der Waals surface area contributed by atoms with Gasteiger partial charge in [-0.05, 0) is 42.2 Å². The molecule has 0 bridgehead atoms. The number of halogens is 1. The number of hydrogen-bond donors (Lipinski definition) is 0. The van der Waals surface area contributed by atoms with Crippen molar-refractivity contribution in [3.8, 4) is 11.5 Å². The number of rotatable bonds is 12. The smallest absolute Gasteiger partial charge is 0.320 e. The Morgan fingerprint density at radius 3 is 2.59 bits per heavy atom. The van der Waals surface area contributed by atoms with E-state index in [1.165, 1.54) is 4.90 Å². The molecule has 3 aromatic rings.